The van der Waals surface area contributed by atoms with E-state index in [1.165, 1.54) is 0 Å². The van der Waals surface area contributed by atoms with E-state index >= 15 is 0 Å². The number of benzene rings is 1. The topological polar surface area (TPSA) is 138 Å². The van der Waals surface area contributed by atoms with Crippen LogP contribution in [-0.4, -0.2) is 45.3 Å². The van der Waals surface area contributed by atoms with E-state index < -0.39 is 46.1 Å². The Kier molecular flexibility index (Phi) is 5.18. The zero-order valence-corrected chi connectivity index (χ0v) is 12.7. The molecule has 128 valence electrons. The van der Waals surface area contributed by atoms with Crippen LogP contribution in [0, 0.1) is 0 Å². The van der Waals surface area contributed by atoms with Gasteiger partial charge < -0.3 is 20.1 Å². The number of hydrogen-bond donors (Lipinski definition) is 3. The predicted molar refractivity (Wildman–Crippen MR) is 79.6 cm³/mol. The maximum Gasteiger partial charge on any atom is 0.339 e. The highest BCUT2D eigenvalue weighted by molar-refractivity contribution is 6.14. The first-order chi connectivity index (χ1) is 11.3. The third-order valence-electron chi connectivity index (χ3n) is 3.91. The van der Waals surface area contributed by atoms with Crippen molar-refractivity contribution in [2.45, 2.75) is 38.2 Å². The maximum atomic E-state index is 12.3. The minimum absolute atomic E-state index is 0.347. The van der Waals surface area contributed by atoms with Crippen LogP contribution in [0.1, 0.15) is 73.5 Å². The molecule has 0 unspecified atom stereocenters. The summed E-state index contributed by atoms with van der Waals surface area (Å²) in [4.78, 5) is 46.2. The predicted octanol–water partition coefficient (Wildman–Crippen LogP) is 2.27. The van der Waals surface area contributed by atoms with Gasteiger partial charge in [0.05, 0.1) is 22.3 Å². The Morgan fingerprint density at radius 2 is 1.29 bits per heavy atom. The van der Waals surface area contributed by atoms with Gasteiger partial charge in [-0.25, -0.2) is 19.2 Å². The van der Waals surface area contributed by atoms with Crippen molar-refractivity contribution in [2.24, 2.45) is 0 Å². The lowest BCUT2D eigenvalue weighted by Gasteiger charge is -2.22. The van der Waals surface area contributed by atoms with Gasteiger partial charge in [0.25, 0.3) is 0 Å². The van der Waals surface area contributed by atoms with Gasteiger partial charge in [-0.3, -0.25) is 0 Å². The van der Waals surface area contributed by atoms with Crippen molar-refractivity contribution in [3.63, 3.8) is 0 Å². The third kappa shape index (κ3) is 3.53. The first-order valence-corrected chi connectivity index (χ1v) is 7.40. The Bertz CT molecular complexity index is 700. The van der Waals surface area contributed by atoms with E-state index in [2.05, 4.69) is 0 Å². The van der Waals surface area contributed by atoms with E-state index in [0.29, 0.717) is 12.8 Å². The molecule has 24 heavy (non-hydrogen) atoms. The molecule has 0 saturated heterocycles. The minimum atomic E-state index is -1.74. The lowest BCUT2D eigenvalue weighted by molar-refractivity contribution is 0.0206. The standard InChI is InChI=1S/C16H16O8/c17-13(18)9-6-7-10(12(15(21)22)11(9)14(19)20)16(23)24-8-4-2-1-3-5-8/h6-8H,1-5H2,(H,17,18)(H,19,20)(H,21,22). The highest BCUT2D eigenvalue weighted by Crippen LogP contribution is 2.25. The molecule has 8 heteroatoms. The largest absolute Gasteiger partial charge is 0.478 e. The molecule has 1 aromatic rings. The molecule has 0 aromatic heterocycles. The zero-order chi connectivity index (χ0) is 17.9. The van der Waals surface area contributed by atoms with Gasteiger partial charge in [-0.1, -0.05) is 6.42 Å². The van der Waals surface area contributed by atoms with Gasteiger partial charge in [-0.15, -0.1) is 0 Å². The molecular formula is C16H16O8. The molecule has 1 saturated carbocycles. The van der Waals surface area contributed by atoms with Gasteiger partial charge in [0.2, 0.25) is 0 Å². The van der Waals surface area contributed by atoms with Crippen molar-refractivity contribution in [3.05, 3.63) is 34.4 Å². The lowest BCUT2D eigenvalue weighted by Crippen LogP contribution is -2.24. The van der Waals surface area contributed by atoms with Crippen molar-refractivity contribution >= 4 is 23.9 Å². The summed E-state index contributed by atoms with van der Waals surface area (Å²) in [5.74, 6) is -6.00. The molecule has 0 heterocycles. The number of aromatic carboxylic acids is 3. The van der Waals surface area contributed by atoms with Crippen LogP contribution in [0.25, 0.3) is 0 Å². The average Bonchev–Trinajstić information content (AvgIpc) is 2.53. The molecule has 1 aliphatic rings. The van der Waals surface area contributed by atoms with E-state index in [-0.39, 0.29) is 6.10 Å². The van der Waals surface area contributed by atoms with Crippen LogP contribution in [0.4, 0.5) is 0 Å². The number of hydrogen-bond acceptors (Lipinski definition) is 5. The summed E-state index contributed by atoms with van der Waals surface area (Å²) in [5, 5.41) is 27.5. The Morgan fingerprint density at radius 1 is 0.792 bits per heavy atom. The fraction of sp³-hybridized carbons (Fsp3) is 0.375. The van der Waals surface area contributed by atoms with Gasteiger partial charge in [0, 0.05) is 0 Å². The number of carbonyl (C=O) groups is 4. The van der Waals surface area contributed by atoms with E-state index in [0.717, 1.165) is 31.4 Å². The second-order valence-electron chi connectivity index (χ2n) is 5.49. The van der Waals surface area contributed by atoms with Gasteiger partial charge >= 0.3 is 23.9 Å². The zero-order valence-electron chi connectivity index (χ0n) is 12.7. The average molecular weight is 336 g/mol. The molecule has 0 radical (unpaired) electrons. The second-order valence-corrected chi connectivity index (χ2v) is 5.49. The Morgan fingerprint density at radius 3 is 1.79 bits per heavy atom. The number of carbonyl (C=O) groups excluding carboxylic acids is 1. The fourth-order valence-corrected chi connectivity index (χ4v) is 2.79. The number of ether oxygens (including phenoxy) is 1. The van der Waals surface area contributed by atoms with Crippen molar-refractivity contribution in [1.29, 1.82) is 0 Å². The molecule has 0 spiro atoms. The van der Waals surface area contributed by atoms with Crippen LogP contribution in [-0.2, 0) is 4.74 Å². The van der Waals surface area contributed by atoms with Crippen molar-refractivity contribution in [3.8, 4) is 0 Å². The molecule has 8 nitrogen and oxygen atoms in total. The Hall–Kier alpha value is -2.90. The highest BCUT2D eigenvalue weighted by atomic mass is 16.5. The number of esters is 1. The number of carboxylic acids is 3. The van der Waals surface area contributed by atoms with Crippen LogP contribution in [0.2, 0.25) is 0 Å². The van der Waals surface area contributed by atoms with Crippen molar-refractivity contribution < 1.29 is 39.2 Å². The maximum absolute atomic E-state index is 12.3. The molecule has 0 aliphatic heterocycles. The summed E-state index contributed by atoms with van der Waals surface area (Å²) in [6, 6.07) is 1.88. The van der Waals surface area contributed by atoms with Gasteiger partial charge in [-0.05, 0) is 37.8 Å². The first-order valence-electron chi connectivity index (χ1n) is 7.40. The normalized spacial score (nSPS) is 14.8. The van der Waals surface area contributed by atoms with Crippen LogP contribution in [0.5, 0.6) is 0 Å². The van der Waals surface area contributed by atoms with Crippen LogP contribution in [0.3, 0.4) is 0 Å². The summed E-state index contributed by atoms with van der Waals surface area (Å²) in [7, 11) is 0. The molecule has 1 fully saturated rings. The summed E-state index contributed by atoms with van der Waals surface area (Å²) >= 11 is 0. The summed E-state index contributed by atoms with van der Waals surface area (Å²) in [5.41, 5.74) is -2.97. The van der Waals surface area contributed by atoms with Gasteiger partial charge in [0.1, 0.15) is 6.10 Å². The Balaban J connectivity index is 2.47. The van der Waals surface area contributed by atoms with Crippen molar-refractivity contribution in [2.75, 3.05) is 0 Å². The SMILES string of the molecule is O=C(O)c1ccc(C(=O)OC2CCCCC2)c(C(=O)O)c1C(=O)O. The molecular weight excluding hydrogens is 320 g/mol. The summed E-state index contributed by atoms with van der Waals surface area (Å²) in [6.45, 7) is 0. The van der Waals surface area contributed by atoms with E-state index in [1.54, 1.807) is 0 Å². The first kappa shape index (κ1) is 17.5. The van der Waals surface area contributed by atoms with Gasteiger partial charge in [-0.2, -0.15) is 0 Å². The lowest BCUT2D eigenvalue weighted by atomic mass is 9.95. The molecule has 3 N–H and O–H groups in total. The molecule has 0 atom stereocenters. The van der Waals surface area contributed by atoms with E-state index in [9.17, 15) is 29.4 Å². The molecule has 0 bridgehead atoms. The second kappa shape index (κ2) is 7.12. The fourth-order valence-electron chi connectivity index (χ4n) is 2.79. The summed E-state index contributed by atoms with van der Waals surface area (Å²) < 4.78 is 5.26. The highest BCUT2D eigenvalue weighted by Gasteiger charge is 2.31. The minimum Gasteiger partial charge on any atom is -0.478 e. The molecule has 1 aromatic carbocycles. The smallest absolute Gasteiger partial charge is 0.339 e. The van der Waals surface area contributed by atoms with Crippen molar-refractivity contribution in [1.82, 2.24) is 0 Å². The monoisotopic (exact) mass is 336 g/mol. The van der Waals surface area contributed by atoms with Crippen LogP contribution in [0.15, 0.2) is 12.1 Å². The van der Waals surface area contributed by atoms with E-state index in [4.69, 9.17) is 9.84 Å². The van der Waals surface area contributed by atoms with Crippen LogP contribution < -0.4 is 0 Å². The Labute approximate surface area is 136 Å². The quantitative estimate of drug-likeness (QED) is 0.696. The molecule has 0 amide bonds. The molecule has 2 rings (SSSR count). The van der Waals surface area contributed by atoms with Crippen LogP contribution >= 0.6 is 0 Å². The molecule has 1 aliphatic carbocycles. The summed E-state index contributed by atoms with van der Waals surface area (Å²) in [6.07, 6.45) is 3.79. The van der Waals surface area contributed by atoms with Gasteiger partial charge in [0.15, 0.2) is 0 Å². The third-order valence-corrected chi connectivity index (χ3v) is 3.91. The van der Waals surface area contributed by atoms with E-state index in [1.807, 2.05) is 0 Å². The number of rotatable bonds is 5. The number of carboxylic acid groups (broad SMARTS) is 3.